The van der Waals surface area contributed by atoms with Crippen molar-refractivity contribution in [3.05, 3.63) is 22.7 Å². The Labute approximate surface area is 85.9 Å². The van der Waals surface area contributed by atoms with Crippen molar-refractivity contribution < 1.29 is 9.84 Å². The zero-order valence-corrected chi connectivity index (χ0v) is 8.97. The summed E-state index contributed by atoms with van der Waals surface area (Å²) >= 11 is 3.36. The van der Waals surface area contributed by atoms with Crippen LogP contribution >= 0.6 is 15.9 Å². The lowest BCUT2D eigenvalue weighted by molar-refractivity contribution is 0.311. The molecule has 0 heterocycles. The Morgan fingerprint density at radius 3 is 2.92 bits per heavy atom. The van der Waals surface area contributed by atoms with Crippen molar-refractivity contribution in [2.24, 2.45) is 0 Å². The summed E-state index contributed by atoms with van der Waals surface area (Å²) < 4.78 is 6.04. The molecule has 0 saturated heterocycles. The number of benzene rings is 1. The standard InChI is InChI=1S/C9H12BrNO2/c1-13-9-6-7(11-4-5-12)2-3-8(9)10/h2-3,6,11-12H,4-5H2,1H3. The first-order valence-corrected chi connectivity index (χ1v) is 4.75. The number of anilines is 1. The second-order valence-electron chi connectivity index (χ2n) is 2.50. The highest BCUT2D eigenvalue weighted by Gasteiger charge is 2.00. The summed E-state index contributed by atoms with van der Waals surface area (Å²) in [6, 6.07) is 5.69. The van der Waals surface area contributed by atoms with Crippen molar-refractivity contribution in [2.45, 2.75) is 0 Å². The SMILES string of the molecule is COc1cc(NCCO)ccc1Br. The van der Waals surface area contributed by atoms with Crippen molar-refractivity contribution in [2.75, 3.05) is 25.6 Å². The maximum Gasteiger partial charge on any atom is 0.135 e. The molecular weight excluding hydrogens is 234 g/mol. The number of hydrogen-bond donors (Lipinski definition) is 2. The van der Waals surface area contributed by atoms with Crippen molar-refractivity contribution in [1.29, 1.82) is 0 Å². The van der Waals surface area contributed by atoms with Crippen LogP contribution in [-0.4, -0.2) is 25.4 Å². The molecule has 72 valence electrons. The molecule has 0 aromatic heterocycles. The molecule has 4 heteroatoms. The van der Waals surface area contributed by atoms with E-state index in [2.05, 4.69) is 21.2 Å². The van der Waals surface area contributed by atoms with Gasteiger partial charge in [0.25, 0.3) is 0 Å². The van der Waals surface area contributed by atoms with E-state index in [1.807, 2.05) is 18.2 Å². The highest BCUT2D eigenvalue weighted by atomic mass is 79.9. The number of nitrogens with one attached hydrogen (secondary N) is 1. The van der Waals surface area contributed by atoms with E-state index in [1.54, 1.807) is 7.11 Å². The first kappa shape index (κ1) is 10.3. The van der Waals surface area contributed by atoms with Gasteiger partial charge in [0.1, 0.15) is 5.75 Å². The lowest BCUT2D eigenvalue weighted by atomic mass is 10.3. The van der Waals surface area contributed by atoms with Crippen molar-refractivity contribution in [1.82, 2.24) is 0 Å². The van der Waals surface area contributed by atoms with Crippen LogP contribution in [0.5, 0.6) is 5.75 Å². The number of rotatable bonds is 4. The van der Waals surface area contributed by atoms with Crippen LogP contribution < -0.4 is 10.1 Å². The van der Waals surface area contributed by atoms with E-state index < -0.39 is 0 Å². The zero-order valence-electron chi connectivity index (χ0n) is 7.38. The first-order valence-electron chi connectivity index (χ1n) is 3.96. The van der Waals surface area contributed by atoms with Crippen molar-refractivity contribution >= 4 is 21.6 Å². The van der Waals surface area contributed by atoms with E-state index in [9.17, 15) is 0 Å². The van der Waals surface area contributed by atoms with Gasteiger partial charge in [0.15, 0.2) is 0 Å². The van der Waals surface area contributed by atoms with E-state index in [1.165, 1.54) is 0 Å². The maximum atomic E-state index is 8.61. The fourth-order valence-electron chi connectivity index (χ4n) is 0.970. The number of methoxy groups -OCH3 is 1. The zero-order chi connectivity index (χ0) is 9.68. The number of aliphatic hydroxyl groups excluding tert-OH is 1. The smallest absolute Gasteiger partial charge is 0.135 e. The molecule has 0 unspecified atom stereocenters. The highest BCUT2D eigenvalue weighted by Crippen LogP contribution is 2.27. The Balaban J connectivity index is 2.74. The van der Waals surface area contributed by atoms with Gasteiger partial charge >= 0.3 is 0 Å². The molecule has 1 aromatic rings. The summed E-state index contributed by atoms with van der Waals surface area (Å²) in [5, 5.41) is 11.7. The Morgan fingerprint density at radius 2 is 2.31 bits per heavy atom. The molecule has 0 aliphatic carbocycles. The highest BCUT2D eigenvalue weighted by molar-refractivity contribution is 9.10. The Hall–Kier alpha value is -0.740. The predicted octanol–water partition coefficient (Wildman–Crippen LogP) is 1.86. The maximum absolute atomic E-state index is 8.61. The van der Waals surface area contributed by atoms with Gasteiger partial charge in [0.05, 0.1) is 18.2 Å². The van der Waals surface area contributed by atoms with Crippen LogP contribution in [0.15, 0.2) is 22.7 Å². The normalized spacial score (nSPS) is 9.77. The van der Waals surface area contributed by atoms with Gasteiger partial charge in [-0.25, -0.2) is 0 Å². The minimum absolute atomic E-state index is 0.123. The van der Waals surface area contributed by atoms with E-state index in [-0.39, 0.29) is 6.61 Å². The largest absolute Gasteiger partial charge is 0.495 e. The van der Waals surface area contributed by atoms with Crippen molar-refractivity contribution in [3.8, 4) is 5.75 Å². The molecule has 0 radical (unpaired) electrons. The molecule has 1 rings (SSSR count). The predicted molar refractivity (Wildman–Crippen MR) is 56.3 cm³/mol. The summed E-state index contributed by atoms with van der Waals surface area (Å²) in [6.07, 6.45) is 0. The summed E-state index contributed by atoms with van der Waals surface area (Å²) in [5.74, 6) is 0.780. The second-order valence-corrected chi connectivity index (χ2v) is 3.35. The molecule has 0 amide bonds. The van der Waals surface area contributed by atoms with Gasteiger partial charge < -0.3 is 15.2 Å². The Morgan fingerprint density at radius 1 is 1.54 bits per heavy atom. The number of aliphatic hydroxyl groups is 1. The fraction of sp³-hybridized carbons (Fsp3) is 0.333. The van der Waals surface area contributed by atoms with E-state index >= 15 is 0 Å². The third-order valence-electron chi connectivity index (χ3n) is 1.59. The Kier molecular flexibility index (Phi) is 4.05. The minimum Gasteiger partial charge on any atom is -0.495 e. The van der Waals surface area contributed by atoms with Gasteiger partial charge in [-0.3, -0.25) is 0 Å². The molecule has 0 spiro atoms. The van der Waals surface area contributed by atoms with Crippen LogP contribution in [0.2, 0.25) is 0 Å². The molecule has 0 fully saturated rings. The average molecular weight is 246 g/mol. The number of halogens is 1. The molecule has 0 aliphatic rings. The topological polar surface area (TPSA) is 41.5 Å². The summed E-state index contributed by atoms with van der Waals surface area (Å²) in [4.78, 5) is 0. The molecule has 1 aromatic carbocycles. The lowest BCUT2D eigenvalue weighted by Gasteiger charge is -2.07. The fourth-order valence-corrected chi connectivity index (χ4v) is 1.38. The van der Waals surface area contributed by atoms with E-state index in [0.717, 1.165) is 15.9 Å². The third kappa shape index (κ3) is 2.90. The molecular formula is C9H12BrNO2. The number of ether oxygens (including phenoxy) is 1. The molecule has 0 saturated carbocycles. The first-order chi connectivity index (χ1) is 6.27. The molecule has 3 nitrogen and oxygen atoms in total. The summed E-state index contributed by atoms with van der Waals surface area (Å²) in [6.45, 7) is 0.670. The van der Waals surface area contributed by atoms with Gasteiger partial charge in [-0.1, -0.05) is 0 Å². The van der Waals surface area contributed by atoms with Gasteiger partial charge in [0, 0.05) is 18.3 Å². The summed E-state index contributed by atoms with van der Waals surface area (Å²) in [5.41, 5.74) is 0.939. The molecule has 0 atom stereocenters. The Bertz CT molecular complexity index is 278. The monoisotopic (exact) mass is 245 g/mol. The molecule has 0 bridgehead atoms. The molecule has 13 heavy (non-hydrogen) atoms. The van der Waals surface area contributed by atoms with Gasteiger partial charge in [0.2, 0.25) is 0 Å². The van der Waals surface area contributed by atoms with Gasteiger partial charge in [-0.2, -0.15) is 0 Å². The van der Waals surface area contributed by atoms with Crippen LogP contribution in [0.3, 0.4) is 0 Å². The van der Waals surface area contributed by atoms with Crippen LogP contribution in [-0.2, 0) is 0 Å². The van der Waals surface area contributed by atoms with Crippen LogP contribution in [0.25, 0.3) is 0 Å². The van der Waals surface area contributed by atoms with Gasteiger partial charge in [-0.05, 0) is 28.1 Å². The third-order valence-corrected chi connectivity index (χ3v) is 2.25. The molecule has 2 N–H and O–H groups in total. The minimum atomic E-state index is 0.123. The van der Waals surface area contributed by atoms with Crippen molar-refractivity contribution in [3.63, 3.8) is 0 Å². The number of hydrogen-bond acceptors (Lipinski definition) is 3. The van der Waals surface area contributed by atoms with E-state index in [0.29, 0.717) is 6.54 Å². The second kappa shape index (κ2) is 5.09. The van der Waals surface area contributed by atoms with E-state index in [4.69, 9.17) is 9.84 Å². The van der Waals surface area contributed by atoms with Crippen LogP contribution in [0, 0.1) is 0 Å². The molecule has 0 aliphatic heterocycles. The van der Waals surface area contributed by atoms with Crippen LogP contribution in [0.4, 0.5) is 5.69 Å². The van der Waals surface area contributed by atoms with Gasteiger partial charge in [-0.15, -0.1) is 0 Å². The lowest BCUT2D eigenvalue weighted by Crippen LogP contribution is -2.05. The average Bonchev–Trinajstić information content (AvgIpc) is 2.16. The van der Waals surface area contributed by atoms with Crippen LogP contribution in [0.1, 0.15) is 0 Å². The quantitative estimate of drug-likeness (QED) is 0.852. The summed E-state index contributed by atoms with van der Waals surface area (Å²) in [7, 11) is 1.62.